The zero-order chi connectivity index (χ0) is 19.4. The molecule has 0 aromatic heterocycles. The molecule has 5 rings (SSSR count). The lowest BCUT2D eigenvalue weighted by atomic mass is 9.91. The van der Waals surface area contributed by atoms with E-state index in [1.54, 1.807) is 16.7 Å². The normalized spacial score (nSPS) is 26.1. The van der Waals surface area contributed by atoms with Crippen LogP contribution >= 0.6 is 35.1 Å². The van der Waals surface area contributed by atoms with Crippen LogP contribution in [0.1, 0.15) is 33.7 Å². The molecule has 1 saturated heterocycles. The summed E-state index contributed by atoms with van der Waals surface area (Å²) >= 11 is 9.70. The molecule has 0 saturated carbocycles. The molecular formula is C21H18ClN3OS2. The van der Waals surface area contributed by atoms with Crippen molar-refractivity contribution in [2.75, 3.05) is 0 Å². The fourth-order valence-electron chi connectivity index (χ4n) is 3.66. The molecule has 2 aromatic rings. The van der Waals surface area contributed by atoms with Crippen LogP contribution in [0.2, 0.25) is 0 Å². The van der Waals surface area contributed by atoms with Gasteiger partial charge in [0, 0.05) is 5.41 Å². The molecule has 3 aliphatic rings. The zero-order valence-electron chi connectivity index (χ0n) is 15.4. The van der Waals surface area contributed by atoms with Crippen LogP contribution in [-0.4, -0.2) is 26.4 Å². The number of carbonyl (C=O) groups is 1. The molecule has 1 fully saturated rings. The average Bonchev–Trinajstić information content (AvgIpc) is 3.27. The lowest BCUT2D eigenvalue weighted by Crippen LogP contribution is -2.57. The van der Waals surface area contributed by atoms with Gasteiger partial charge in [0.1, 0.15) is 15.8 Å². The third-order valence-electron chi connectivity index (χ3n) is 5.24. The quantitative estimate of drug-likeness (QED) is 0.477. The molecule has 3 heterocycles. The Kier molecular flexibility index (Phi) is 4.45. The van der Waals surface area contributed by atoms with Crippen molar-refractivity contribution in [2.24, 2.45) is 5.10 Å². The number of carbonyl (C=O) groups excluding carboxylic acids is 1. The molecule has 3 atom stereocenters. The number of alkyl halides is 1. The average molecular weight is 428 g/mol. The second-order valence-electron chi connectivity index (χ2n) is 7.10. The second-order valence-corrected chi connectivity index (χ2v) is 9.51. The summed E-state index contributed by atoms with van der Waals surface area (Å²) in [5.74, 6) is -0.0810. The highest BCUT2D eigenvalue weighted by Crippen LogP contribution is 2.52. The number of fused-ring (bicyclic) bond motifs is 1. The van der Waals surface area contributed by atoms with Gasteiger partial charge in [0.05, 0.1) is 6.04 Å². The molecule has 0 spiro atoms. The fourth-order valence-corrected chi connectivity index (χ4v) is 6.24. The third-order valence-corrected chi connectivity index (χ3v) is 7.88. The van der Waals surface area contributed by atoms with Gasteiger partial charge in [-0.05, 0) is 42.3 Å². The van der Waals surface area contributed by atoms with Crippen molar-refractivity contribution in [1.29, 1.82) is 0 Å². The fraction of sp³-hybridized carbons (Fsp3) is 0.238. The van der Waals surface area contributed by atoms with E-state index in [4.69, 9.17) is 16.7 Å². The minimum atomic E-state index is -0.545. The maximum atomic E-state index is 12.6. The Morgan fingerprint density at radius 1 is 1.07 bits per heavy atom. The van der Waals surface area contributed by atoms with Crippen molar-refractivity contribution in [3.63, 3.8) is 0 Å². The number of hydrazone groups is 1. The maximum Gasteiger partial charge on any atom is 0.249 e. The Morgan fingerprint density at radius 3 is 2.57 bits per heavy atom. The van der Waals surface area contributed by atoms with Crippen LogP contribution in [0.4, 0.5) is 0 Å². The number of β-lactam (4-membered cyclic amide) rings is 1. The Bertz CT molecular complexity index is 1020. The highest BCUT2D eigenvalue weighted by molar-refractivity contribution is 8.18. The third kappa shape index (κ3) is 2.78. The number of benzene rings is 2. The zero-order valence-corrected chi connectivity index (χ0v) is 17.8. The van der Waals surface area contributed by atoms with Gasteiger partial charge in [-0.2, -0.15) is 0 Å². The van der Waals surface area contributed by atoms with E-state index in [9.17, 15) is 4.79 Å². The molecule has 7 heteroatoms. The molecule has 0 bridgehead atoms. The Hall–Kier alpha value is -1.89. The minimum Gasteiger partial charge on any atom is -0.279 e. The van der Waals surface area contributed by atoms with Crippen LogP contribution in [0.15, 0.2) is 64.1 Å². The van der Waals surface area contributed by atoms with Gasteiger partial charge in [-0.1, -0.05) is 65.9 Å². The number of amides is 1. The number of thioether (sulfide) groups is 2. The molecule has 0 radical (unpaired) electrons. The van der Waals surface area contributed by atoms with Gasteiger partial charge < -0.3 is 0 Å². The van der Waals surface area contributed by atoms with Crippen molar-refractivity contribution >= 4 is 46.2 Å². The van der Waals surface area contributed by atoms with Crippen LogP contribution in [0.5, 0.6) is 0 Å². The molecular weight excluding hydrogens is 410 g/mol. The van der Waals surface area contributed by atoms with Crippen LogP contribution in [-0.2, 0) is 4.79 Å². The van der Waals surface area contributed by atoms with Crippen molar-refractivity contribution in [3.8, 4) is 0 Å². The maximum absolute atomic E-state index is 12.6. The van der Waals surface area contributed by atoms with Gasteiger partial charge >= 0.3 is 0 Å². The number of nitrogens with zero attached hydrogens (tertiary/aromatic N) is 3. The SMILES string of the molecule is Cc1ccc(C2SC=C3SC(N4C(=O)C(Cl)C4c4ccccc4C)=NN32)cc1. The number of hydrogen-bond donors (Lipinski definition) is 0. The topological polar surface area (TPSA) is 35.9 Å². The first-order valence-electron chi connectivity index (χ1n) is 9.05. The highest BCUT2D eigenvalue weighted by atomic mass is 35.5. The summed E-state index contributed by atoms with van der Waals surface area (Å²) in [6.07, 6.45) is 0. The summed E-state index contributed by atoms with van der Waals surface area (Å²) < 4.78 is 0. The van der Waals surface area contributed by atoms with Crippen LogP contribution < -0.4 is 0 Å². The lowest BCUT2D eigenvalue weighted by molar-refractivity contribution is -0.138. The minimum absolute atomic E-state index is 0.0810. The smallest absolute Gasteiger partial charge is 0.249 e. The molecule has 3 unspecified atom stereocenters. The molecule has 0 N–H and O–H groups in total. The molecule has 0 aliphatic carbocycles. The van der Waals surface area contributed by atoms with Crippen LogP contribution in [0.25, 0.3) is 0 Å². The predicted octanol–water partition coefficient (Wildman–Crippen LogP) is 5.36. The number of rotatable bonds is 2. The van der Waals surface area contributed by atoms with Gasteiger partial charge in [0.25, 0.3) is 0 Å². The first-order chi connectivity index (χ1) is 13.5. The van der Waals surface area contributed by atoms with Crippen molar-refractivity contribution in [3.05, 3.63) is 81.2 Å². The Balaban J connectivity index is 1.45. The lowest BCUT2D eigenvalue weighted by Gasteiger charge is -2.44. The number of aryl methyl sites for hydroxylation is 2. The Labute approximate surface area is 177 Å². The van der Waals surface area contributed by atoms with Crippen LogP contribution in [0.3, 0.4) is 0 Å². The molecule has 4 nitrogen and oxygen atoms in total. The standard InChI is InChI=1S/C21H18ClN3OS2/c1-12-7-9-14(10-8-12)20-25-16(11-27-20)28-21(23-25)24-18(17(22)19(24)26)15-6-4-3-5-13(15)2/h3-11,17-18,20H,1-2H3. The second kappa shape index (κ2) is 6.87. The van der Waals surface area contributed by atoms with E-state index in [0.29, 0.717) is 5.17 Å². The van der Waals surface area contributed by atoms with Crippen molar-refractivity contribution in [1.82, 2.24) is 9.91 Å². The summed E-state index contributed by atoms with van der Waals surface area (Å²) in [6.45, 7) is 4.13. The van der Waals surface area contributed by atoms with E-state index in [1.807, 2.05) is 36.2 Å². The van der Waals surface area contributed by atoms with E-state index < -0.39 is 5.38 Å². The molecule has 28 heavy (non-hydrogen) atoms. The Morgan fingerprint density at radius 2 is 1.82 bits per heavy atom. The van der Waals surface area contributed by atoms with Crippen LogP contribution in [0, 0.1) is 13.8 Å². The van der Waals surface area contributed by atoms with Gasteiger partial charge in [-0.3, -0.25) is 9.69 Å². The summed E-state index contributed by atoms with van der Waals surface area (Å²) in [6, 6.07) is 16.4. The van der Waals surface area contributed by atoms with Gasteiger partial charge in [-0.15, -0.1) is 16.7 Å². The van der Waals surface area contributed by atoms with E-state index in [2.05, 4.69) is 36.6 Å². The molecule has 1 amide bonds. The summed E-state index contributed by atoms with van der Waals surface area (Å²) in [5, 5.41) is 10.3. The van der Waals surface area contributed by atoms with E-state index in [1.165, 1.54) is 22.9 Å². The van der Waals surface area contributed by atoms with Crippen molar-refractivity contribution < 1.29 is 4.79 Å². The number of amidine groups is 1. The van der Waals surface area contributed by atoms with Gasteiger partial charge in [-0.25, -0.2) is 5.01 Å². The molecule has 2 aromatic carbocycles. The molecule has 142 valence electrons. The van der Waals surface area contributed by atoms with Gasteiger partial charge in [0.2, 0.25) is 5.91 Å². The first-order valence-corrected chi connectivity index (χ1v) is 11.2. The monoisotopic (exact) mass is 427 g/mol. The number of hydrogen-bond acceptors (Lipinski definition) is 5. The van der Waals surface area contributed by atoms with E-state index in [0.717, 1.165) is 16.2 Å². The highest BCUT2D eigenvalue weighted by Gasteiger charge is 2.52. The molecule has 3 aliphatic heterocycles. The largest absolute Gasteiger partial charge is 0.279 e. The van der Waals surface area contributed by atoms with Gasteiger partial charge in [0.15, 0.2) is 5.17 Å². The van der Waals surface area contributed by atoms with E-state index in [-0.39, 0.29) is 17.3 Å². The first kappa shape index (κ1) is 18.2. The predicted molar refractivity (Wildman–Crippen MR) is 117 cm³/mol. The number of halogens is 1. The summed E-state index contributed by atoms with van der Waals surface area (Å²) in [5.41, 5.74) is 4.65. The summed E-state index contributed by atoms with van der Waals surface area (Å²) in [4.78, 5) is 14.4. The van der Waals surface area contributed by atoms with Crippen molar-refractivity contribution in [2.45, 2.75) is 30.6 Å². The summed E-state index contributed by atoms with van der Waals surface area (Å²) in [7, 11) is 0. The number of likely N-dealkylation sites (tertiary alicyclic amines) is 1. The van der Waals surface area contributed by atoms with E-state index >= 15 is 0 Å².